The Balaban J connectivity index is 4.73. The Morgan fingerprint density at radius 1 is 0.333 bits per heavy atom. The number of hydrogen-bond donors (Lipinski definition) is 4. The molecule has 0 rings (SSSR count). The second kappa shape index (κ2) is 62.4. The monoisotopic (exact) mass is 1260 g/mol. The number of aliphatic hydroxyl groups excluding tert-OH is 2. The first kappa shape index (κ1) is 83.2. The van der Waals surface area contributed by atoms with E-state index in [0.717, 1.165) is 128 Å². The molecule has 0 saturated heterocycles. The molecule has 0 aliphatic heterocycles. The van der Waals surface area contributed by atoms with E-state index in [1.54, 1.807) is 0 Å². The molecule has 0 fully saturated rings. The number of phosphoric ester groups is 2. The van der Waals surface area contributed by atoms with E-state index in [1.165, 1.54) is 64.2 Å². The highest BCUT2D eigenvalue weighted by Crippen LogP contribution is 2.45. The number of esters is 3. The summed E-state index contributed by atoms with van der Waals surface area (Å²) in [5.74, 6) is -1.63. The third-order valence-electron chi connectivity index (χ3n) is 13.5. The number of rotatable bonds is 62. The number of carbonyl (C=O) groups is 3. The lowest BCUT2D eigenvalue weighted by atomic mass is 10.0. The van der Waals surface area contributed by atoms with Gasteiger partial charge >= 0.3 is 33.6 Å². The maximum atomic E-state index is 12.9. The number of hydrogen-bond acceptors (Lipinski definition) is 14. The van der Waals surface area contributed by atoms with Crippen LogP contribution in [-0.2, 0) is 55.8 Å². The van der Waals surface area contributed by atoms with Crippen LogP contribution in [0.25, 0.3) is 0 Å². The van der Waals surface area contributed by atoms with Crippen LogP contribution in [0.15, 0.2) is 109 Å². The molecular formula is C69H118O16P2. The largest absolute Gasteiger partial charge is 0.472 e. The highest BCUT2D eigenvalue weighted by atomic mass is 31.2. The number of aliphatic hydroxyl groups is 2. The molecule has 5 unspecified atom stereocenters. The SMILES string of the molecule is CC/C=C\C/C=C\C/C=C\C/C=C\C/C=C\CCCCCC(=O)OCC(O)COP(=O)(O)OCC(O)COP(=O)(O)OCC(COC(=O)CCCCCC/C=C\C/C=C\C/C=C\C/C=C\CC)OC(=O)CCCCCCCCCCCCCCCCC. The molecule has 0 saturated carbocycles. The molecular weight excluding hydrogens is 1150 g/mol. The molecule has 0 aliphatic rings. The lowest BCUT2D eigenvalue weighted by molar-refractivity contribution is -0.161. The maximum absolute atomic E-state index is 12.9. The molecule has 0 spiro atoms. The average molecular weight is 1270 g/mol. The Labute approximate surface area is 526 Å². The average Bonchev–Trinajstić information content (AvgIpc) is 3.68. The van der Waals surface area contributed by atoms with Gasteiger partial charge in [0.25, 0.3) is 0 Å². The molecule has 0 aromatic rings. The summed E-state index contributed by atoms with van der Waals surface area (Å²) in [6.45, 7) is 2.37. The van der Waals surface area contributed by atoms with E-state index in [1.807, 2.05) is 0 Å². The summed E-state index contributed by atoms with van der Waals surface area (Å²) in [7, 11) is -9.79. The van der Waals surface area contributed by atoms with Crippen molar-refractivity contribution in [3.8, 4) is 0 Å². The zero-order valence-electron chi connectivity index (χ0n) is 53.9. The van der Waals surface area contributed by atoms with Gasteiger partial charge in [-0.3, -0.25) is 32.5 Å². The summed E-state index contributed by atoms with van der Waals surface area (Å²) < 4.78 is 60.8. The summed E-state index contributed by atoms with van der Waals surface area (Å²) in [6.07, 6.45) is 68.5. The number of carbonyl (C=O) groups excluding carboxylic acids is 3. The van der Waals surface area contributed by atoms with E-state index >= 15 is 0 Å². The molecule has 0 aromatic carbocycles. The molecule has 5 atom stereocenters. The van der Waals surface area contributed by atoms with Crippen LogP contribution >= 0.6 is 15.6 Å². The Bertz CT molecular complexity index is 2030. The molecule has 0 amide bonds. The van der Waals surface area contributed by atoms with Crippen LogP contribution in [0.2, 0.25) is 0 Å². The minimum atomic E-state index is -4.93. The van der Waals surface area contributed by atoms with Crippen molar-refractivity contribution in [2.75, 3.05) is 39.6 Å². The Morgan fingerprint density at radius 3 is 0.977 bits per heavy atom. The molecule has 0 aromatic heterocycles. The minimum Gasteiger partial charge on any atom is -0.463 e. The third kappa shape index (κ3) is 63.6. The van der Waals surface area contributed by atoms with Crippen molar-refractivity contribution in [2.45, 2.75) is 270 Å². The van der Waals surface area contributed by atoms with Gasteiger partial charge in [-0.1, -0.05) is 239 Å². The Morgan fingerprint density at radius 2 is 0.609 bits per heavy atom. The van der Waals surface area contributed by atoms with Gasteiger partial charge in [-0.05, 0) is 103 Å². The van der Waals surface area contributed by atoms with E-state index in [-0.39, 0.29) is 19.3 Å². The van der Waals surface area contributed by atoms with Gasteiger partial charge in [0.05, 0.1) is 26.4 Å². The van der Waals surface area contributed by atoms with E-state index in [4.69, 9.17) is 32.3 Å². The van der Waals surface area contributed by atoms with Crippen LogP contribution < -0.4 is 0 Å². The second-order valence-corrected chi connectivity index (χ2v) is 24.8. The first-order valence-corrected chi connectivity index (χ1v) is 36.2. The lowest BCUT2D eigenvalue weighted by Crippen LogP contribution is -2.30. The predicted octanol–water partition coefficient (Wildman–Crippen LogP) is 18.1. The summed E-state index contributed by atoms with van der Waals surface area (Å²) in [4.78, 5) is 58.3. The van der Waals surface area contributed by atoms with Gasteiger partial charge in [0, 0.05) is 19.3 Å². The van der Waals surface area contributed by atoms with Crippen molar-refractivity contribution in [1.29, 1.82) is 0 Å². The van der Waals surface area contributed by atoms with Crippen molar-refractivity contribution in [3.63, 3.8) is 0 Å². The van der Waals surface area contributed by atoms with Gasteiger partial charge in [0.15, 0.2) is 6.10 Å². The molecule has 4 N–H and O–H groups in total. The molecule has 87 heavy (non-hydrogen) atoms. The fourth-order valence-electron chi connectivity index (χ4n) is 8.47. The summed E-state index contributed by atoms with van der Waals surface area (Å²) in [6, 6.07) is 0. The topological polar surface area (TPSA) is 231 Å². The van der Waals surface area contributed by atoms with Gasteiger partial charge < -0.3 is 34.2 Å². The van der Waals surface area contributed by atoms with Gasteiger partial charge in [0.1, 0.15) is 25.4 Å². The van der Waals surface area contributed by atoms with Crippen LogP contribution in [0.5, 0.6) is 0 Å². The smallest absolute Gasteiger partial charge is 0.463 e. The van der Waals surface area contributed by atoms with Gasteiger partial charge in [-0.15, -0.1) is 0 Å². The molecule has 0 bridgehead atoms. The standard InChI is InChI=1S/C69H118O16P2/c1-4-7-10-13-16-19-22-25-28-30-31-33-36-37-40-43-46-49-52-55-67(72)79-58-64(70)59-81-86(75,76)82-60-65(71)61-83-87(77,78)84-63-66(85-69(74)57-54-51-48-45-42-39-34-27-24-21-18-15-12-9-6-3)62-80-68(73)56-53-50-47-44-41-38-35-32-29-26-23-20-17-14-11-8-5-2/h7-8,10-11,16-17,19-20,25-26,28-29,31,33,35,37-38,40,64-66,70-71H,4-6,9,12-15,18,21-24,27,30,32,34,36,39,41-63H2,1-3H3,(H,75,76)(H,77,78)/b10-7-,11-8-,19-16-,20-17-,28-25-,29-26-,33-31-,38-35-,40-37-. The fraction of sp³-hybridized carbons (Fsp3) is 0.696. The molecule has 0 heterocycles. The van der Waals surface area contributed by atoms with Crippen LogP contribution in [0.1, 0.15) is 252 Å². The quantitative estimate of drug-likeness (QED) is 0.0146. The summed E-state index contributed by atoms with van der Waals surface area (Å²) in [5, 5.41) is 20.5. The van der Waals surface area contributed by atoms with Crippen LogP contribution in [0.4, 0.5) is 0 Å². The van der Waals surface area contributed by atoms with Gasteiger partial charge in [-0.25, -0.2) is 9.13 Å². The maximum Gasteiger partial charge on any atom is 0.472 e. The van der Waals surface area contributed by atoms with Crippen molar-refractivity contribution >= 4 is 33.6 Å². The molecule has 18 heteroatoms. The Kier molecular flexibility index (Phi) is 59.7. The zero-order chi connectivity index (χ0) is 63.8. The van der Waals surface area contributed by atoms with Crippen LogP contribution in [0, 0.1) is 0 Å². The van der Waals surface area contributed by atoms with E-state index in [9.17, 15) is 43.5 Å². The first-order valence-electron chi connectivity index (χ1n) is 33.2. The van der Waals surface area contributed by atoms with E-state index < -0.39 is 91.5 Å². The number of phosphoric acid groups is 2. The van der Waals surface area contributed by atoms with Gasteiger partial charge in [-0.2, -0.15) is 0 Å². The van der Waals surface area contributed by atoms with Crippen LogP contribution in [-0.4, -0.2) is 95.9 Å². The van der Waals surface area contributed by atoms with Crippen molar-refractivity contribution in [1.82, 2.24) is 0 Å². The number of unbranched alkanes of at least 4 members (excludes halogenated alkanes) is 21. The van der Waals surface area contributed by atoms with Gasteiger partial charge in [0.2, 0.25) is 0 Å². The first-order chi connectivity index (χ1) is 42.2. The highest BCUT2D eigenvalue weighted by Gasteiger charge is 2.29. The minimum absolute atomic E-state index is 0.0994. The van der Waals surface area contributed by atoms with Crippen molar-refractivity contribution < 1.29 is 75.8 Å². The summed E-state index contributed by atoms with van der Waals surface area (Å²) in [5.41, 5.74) is 0. The molecule has 0 radical (unpaired) electrons. The third-order valence-corrected chi connectivity index (χ3v) is 15.4. The normalized spacial score (nSPS) is 15.0. The fourth-order valence-corrected chi connectivity index (χ4v) is 10.1. The van der Waals surface area contributed by atoms with E-state index in [2.05, 4.69) is 130 Å². The van der Waals surface area contributed by atoms with Crippen molar-refractivity contribution in [3.05, 3.63) is 109 Å². The molecule has 16 nitrogen and oxygen atoms in total. The highest BCUT2D eigenvalue weighted by molar-refractivity contribution is 7.47. The van der Waals surface area contributed by atoms with Crippen molar-refractivity contribution in [2.24, 2.45) is 0 Å². The summed E-state index contributed by atoms with van der Waals surface area (Å²) >= 11 is 0. The Hall–Kier alpha value is -3.79. The predicted molar refractivity (Wildman–Crippen MR) is 353 cm³/mol. The number of ether oxygens (including phenoxy) is 3. The van der Waals surface area contributed by atoms with E-state index in [0.29, 0.717) is 19.3 Å². The number of allylic oxidation sites excluding steroid dienone is 18. The zero-order valence-corrected chi connectivity index (χ0v) is 55.7. The molecule has 500 valence electrons. The van der Waals surface area contributed by atoms with Crippen LogP contribution in [0.3, 0.4) is 0 Å². The molecule has 0 aliphatic carbocycles. The second-order valence-electron chi connectivity index (χ2n) is 21.9. The lowest BCUT2D eigenvalue weighted by Gasteiger charge is -2.21.